The number of aliphatic hydroxyl groups is 1. The zero-order chi connectivity index (χ0) is 13.3. The topological polar surface area (TPSA) is 43.8 Å². The molecular formula is C13H17FN2O2. The number of nitrogens with zero attached hydrogens (tertiary/aromatic N) is 2. The van der Waals surface area contributed by atoms with E-state index in [-0.39, 0.29) is 24.4 Å². The highest BCUT2D eigenvalue weighted by molar-refractivity contribution is 5.98. The predicted molar refractivity (Wildman–Crippen MR) is 66.9 cm³/mol. The van der Waals surface area contributed by atoms with Crippen LogP contribution in [0.5, 0.6) is 0 Å². The highest BCUT2D eigenvalue weighted by Gasteiger charge is 2.37. The molecule has 1 aromatic rings. The van der Waals surface area contributed by atoms with Crippen molar-refractivity contribution in [3.05, 3.63) is 30.1 Å². The Hall–Kier alpha value is -1.46. The lowest BCUT2D eigenvalue weighted by atomic mass is 10.1. The molecule has 1 N–H and O–H groups in total. The molecule has 1 saturated heterocycles. The van der Waals surface area contributed by atoms with E-state index in [9.17, 15) is 14.3 Å². The summed E-state index contributed by atoms with van der Waals surface area (Å²) < 4.78 is 13.2. The molecule has 1 aliphatic heterocycles. The Balaban J connectivity index is 2.34. The summed E-state index contributed by atoms with van der Waals surface area (Å²) in [6, 6.07) is 5.37. The van der Waals surface area contributed by atoms with Crippen LogP contribution in [0.4, 0.5) is 10.1 Å². The number of hydrogen-bond donors (Lipinski definition) is 1. The van der Waals surface area contributed by atoms with Crippen molar-refractivity contribution in [3.63, 3.8) is 0 Å². The second kappa shape index (κ2) is 5.04. The first kappa shape index (κ1) is 13.0. The summed E-state index contributed by atoms with van der Waals surface area (Å²) in [6.07, 6.45) is 0. The van der Waals surface area contributed by atoms with Crippen LogP contribution < -0.4 is 4.90 Å². The van der Waals surface area contributed by atoms with Gasteiger partial charge in [0.25, 0.3) is 0 Å². The molecular weight excluding hydrogens is 235 g/mol. The van der Waals surface area contributed by atoms with Gasteiger partial charge in [-0.25, -0.2) is 4.39 Å². The van der Waals surface area contributed by atoms with Gasteiger partial charge in [-0.2, -0.15) is 0 Å². The average Bonchev–Trinajstić information content (AvgIpc) is 2.28. The van der Waals surface area contributed by atoms with Gasteiger partial charge in [-0.1, -0.05) is 6.07 Å². The average molecular weight is 252 g/mol. The maximum absolute atomic E-state index is 13.2. The molecule has 2 unspecified atom stereocenters. The molecule has 0 bridgehead atoms. The van der Waals surface area contributed by atoms with Crippen molar-refractivity contribution in [1.82, 2.24) is 4.90 Å². The molecule has 98 valence electrons. The van der Waals surface area contributed by atoms with Crippen molar-refractivity contribution < 1.29 is 14.3 Å². The van der Waals surface area contributed by atoms with Gasteiger partial charge in [0.15, 0.2) is 0 Å². The highest BCUT2D eigenvalue weighted by atomic mass is 19.1. The number of rotatable bonds is 2. The van der Waals surface area contributed by atoms with E-state index in [4.69, 9.17) is 0 Å². The first-order chi connectivity index (χ1) is 8.54. The molecule has 1 heterocycles. The molecule has 0 aromatic heterocycles. The van der Waals surface area contributed by atoms with E-state index in [1.807, 2.05) is 11.8 Å². The molecule has 1 aliphatic rings. The first-order valence-electron chi connectivity index (χ1n) is 5.94. The van der Waals surface area contributed by atoms with Gasteiger partial charge in [0.1, 0.15) is 11.9 Å². The van der Waals surface area contributed by atoms with Gasteiger partial charge >= 0.3 is 0 Å². The van der Waals surface area contributed by atoms with Crippen LogP contribution in [0.2, 0.25) is 0 Å². The van der Waals surface area contributed by atoms with Crippen LogP contribution >= 0.6 is 0 Å². The first-order valence-corrected chi connectivity index (χ1v) is 5.94. The molecule has 1 aromatic carbocycles. The number of carbonyl (C=O) groups is 1. The molecule has 2 atom stereocenters. The summed E-state index contributed by atoms with van der Waals surface area (Å²) in [5.74, 6) is -0.559. The molecule has 0 saturated carbocycles. The fourth-order valence-corrected chi connectivity index (χ4v) is 2.42. The lowest BCUT2D eigenvalue weighted by Gasteiger charge is -2.42. The van der Waals surface area contributed by atoms with Crippen LogP contribution in [0.25, 0.3) is 0 Å². The molecule has 1 amide bonds. The third kappa shape index (κ3) is 2.23. The number of hydrogen-bond acceptors (Lipinski definition) is 3. The number of likely N-dealkylation sites (N-methyl/N-ethyl adjacent to an activating group) is 1. The summed E-state index contributed by atoms with van der Waals surface area (Å²) in [7, 11) is 1.80. The van der Waals surface area contributed by atoms with Gasteiger partial charge in [0.05, 0.1) is 6.61 Å². The number of benzene rings is 1. The SMILES string of the molecule is CC1CN(C)C(CO)C(=O)N1c1cccc(F)c1. The second-order valence-corrected chi connectivity index (χ2v) is 4.68. The van der Waals surface area contributed by atoms with Gasteiger partial charge in [-0.05, 0) is 32.2 Å². The number of carbonyl (C=O) groups excluding carboxylic acids is 1. The summed E-state index contributed by atoms with van der Waals surface area (Å²) in [5.41, 5.74) is 0.541. The third-order valence-electron chi connectivity index (χ3n) is 3.31. The van der Waals surface area contributed by atoms with Crippen molar-refractivity contribution in [1.29, 1.82) is 0 Å². The summed E-state index contributed by atoms with van der Waals surface area (Å²) >= 11 is 0. The van der Waals surface area contributed by atoms with Gasteiger partial charge in [-0.3, -0.25) is 9.69 Å². The Morgan fingerprint density at radius 2 is 2.22 bits per heavy atom. The number of piperazine rings is 1. The quantitative estimate of drug-likeness (QED) is 0.848. The van der Waals surface area contributed by atoms with Crippen molar-refractivity contribution in [2.75, 3.05) is 25.1 Å². The van der Waals surface area contributed by atoms with Crippen molar-refractivity contribution in [2.45, 2.75) is 19.0 Å². The predicted octanol–water partition coefficient (Wildman–Crippen LogP) is 0.853. The van der Waals surface area contributed by atoms with Crippen LogP contribution in [-0.4, -0.2) is 48.2 Å². The minimum absolute atomic E-state index is 0.0490. The lowest BCUT2D eigenvalue weighted by molar-refractivity contribution is -0.127. The Bertz CT molecular complexity index is 452. The lowest BCUT2D eigenvalue weighted by Crippen LogP contribution is -2.61. The van der Waals surface area contributed by atoms with E-state index in [2.05, 4.69) is 0 Å². The van der Waals surface area contributed by atoms with Gasteiger partial charge < -0.3 is 10.0 Å². The Labute approximate surface area is 106 Å². The molecule has 18 heavy (non-hydrogen) atoms. The van der Waals surface area contributed by atoms with Crippen LogP contribution in [0.3, 0.4) is 0 Å². The van der Waals surface area contributed by atoms with E-state index in [1.165, 1.54) is 12.1 Å². The molecule has 1 fully saturated rings. The van der Waals surface area contributed by atoms with Crippen LogP contribution in [0, 0.1) is 5.82 Å². The van der Waals surface area contributed by atoms with Crippen molar-refractivity contribution in [2.24, 2.45) is 0 Å². The highest BCUT2D eigenvalue weighted by Crippen LogP contribution is 2.24. The molecule has 5 heteroatoms. The van der Waals surface area contributed by atoms with Crippen LogP contribution in [0.1, 0.15) is 6.92 Å². The van der Waals surface area contributed by atoms with Gasteiger partial charge in [0, 0.05) is 18.3 Å². The van der Waals surface area contributed by atoms with E-state index in [0.717, 1.165) is 0 Å². The number of anilines is 1. The minimum atomic E-state index is -0.551. The largest absolute Gasteiger partial charge is 0.394 e. The fraction of sp³-hybridized carbons (Fsp3) is 0.462. The van der Waals surface area contributed by atoms with Crippen LogP contribution in [-0.2, 0) is 4.79 Å². The second-order valence-electron chi connectivity index (χ2n) is 4.68. The Morgan fingerprint density at radius 3 is 2.83 bits per heavy atom. The summed E-state index contributed by atoms with van der Waals surface area (Å²) in [5, 5.41) is 9.27. The number of amides is 1. The number of halogens is 1. The van der Waals surface area contributed by atoms with E-state index < -0.39 is 6.04 Å². The molecule has 4 nitrogen and oxygen atoms in total. The van der Waals surface area contributed by atoms with E-state index >= 15 is 0 Å². The monoisotopic (exact) mass is 252 g/mol. The maximum atomic E-state index is 13.2. The molecule has 0 radical (unpaired) electrons. The molecule has 0 aliphatic carbocycles. The zero-order valence-electron chi connectivity index (χ0n) is 10.5. The van der Waals surface area contributed by atoms with Crippen molar-refractivity contribution in [3.8, 4) is 0 Å². The summed E-state index contributed by atoms with van der Waals surface area (Å²) in [4.78, 5) is 15.7. The standard InChI is InChI=1S/C13H17FN2O2/c1-9-7-15(2)12(8-17)13(18)16(9)11-5-3-4-10(14)6-11/h3-6,9,12,17H,7-8H2,1-2H3. The third-order valence-corrected chi connectivity index (χ3v) is 3.31. The van der Waals surface area contributed by atoms with E-state index in [0.29, 0.717) is 12.2 Å². The Morgan fingerprint density at radius 1 is 1.50 bits per heavy atom. The minimum Gasteiger partial charge on any atom is -0.394 e. The zero-order valence-corrected chi connectivity index (χ0v) is 10.5. The number of aliphatic hydroxyl groups excluding tert-OH is 1. The molecule has 0 spiro atoms. The Kier molecular flexibility index (Phi) is 3.63. The van der Waals surface area contributed by atoms with Gasteiger partial charge in [-0.15, -0.1) is 0 Å². The fourth-order valence-electron chi connectivity index (χ4n) is 2.42. The van der Waals surface area contributed by atoms with Gasteiger partial charge in [0.2, 0.25) is 5.91 Å². The maximum Gasteiger partial charge on any atom is 0.247 e. The van der Waals surface area contributed by atoms with Crippen LogP contribution in [0.15, 0.2) is 24.3 Å². The van der Waals surface area contributed by atoms with E-state index in [1.54, 1.807) is 24.1 Å². The van der Waals surface area contributed by atoms with Crippen molar-refractivity contribution >= 4 is 11.6 Å². The summed E-state index contributed by atoms with van der Waals surface area (Å²) in [6.45, 7) is 2.33. The normalized spacial score (nSPS) is 25.6. The molecule has 2 rings (SSSR count). The smallest absolute Gasteiger partial charge is 0.247 e.